The molecule has 0 fully saturated rings. The molecule has 0 amide bonds. The second-order valence-corrected chi connectivity index (χ2v) is 33.8. The van der Waals surface area contributed by atoms with Crippen LogP contribution in [0.15, 0.2) is 510 Å². The van der Waals surface area contributed by atoms with Gasteiger partial charge in [-0.3, -0.25) is 0 Å². The lowest BCUT2D eigenvalue weighted by atomic mass is 9.94. The van der Waals surface area contributed by atoms with Crippen LogP contribution >= 0.6 is 0 Å². The molecule has 0 bridgehead atoms. The second kappa shape index (κ2) is 32.7. The molecule has 4 heteroatoms. The maximum Gasteiger partial charge on any atom is 0.0541 e. The molecule has 0 aliphatic carbocycles. The highest BCUT2D eigenvalue weighted by molar-refractivity contribution is 6.27. The Labute approximate surface area is 754 Å². The summed E-state index contributed by atoms with van der Waals surface area (Å²) in [7, 11) is 0. The fourth-order valence-corrected chi connectivity index (χ4v) is 20.0. The van der Waals surface area contributed by atoms with E-state index in [9.17, 15) is 0 Å². The Hall–Kier alpha value is -17.2. The third kappa shape index (κ3) is 13.8. The van der Waals surface area contributed by atoms with Crippen molar-refractivity contribution in [1.82, 2.24) is 9.13 Å². The number of hydrogen-bond acceptors (Lipinski definition) is 2. The van der Waals surface area contributed by atoms with Gasteiger partial charge in [-0.1, -0.05) is 370 Å². The molecule has 0 saturated carbocycles. The van der Waals surface area contributed by atoms with Crippen LogP contribution in [0.25, 0.3) is 198 Å². The van der Waals surface area contributed by atoms with Crippen molar-refractivity contribution in [3.63, 3.8) is 0 Å². The van der Waals surface area contributed by atoms with Gasteiger partial charge in [-0.15, -0.1) is 0 Å². The highest BCUT2D eigenvalue weighted by Gasteiger charge is 2.23. The molecule has 0 N–H and O–H groups in total. The topological polar surface area (TPSA) is 16.3 Å². The van der Waals surface area contributed by atoms with Crippen molar-refractivity contribution in [2.75, 3.05) is 9.80 Å². The summed E-state index contributed by atoms with van der Waals surface area (Å²) in [6.07, 6.45) is 0. The van der Waals surface area contributed by atoms with Crippen LogP contribution < -0.4 is 9.80 Å². The molecule has 0 radical (unpaired) electrons. The van der Waals surface area contributed by atoms with E-state index in [1.807, 2.05) is 0 Å². The van der Waals surface area contributed by atoms with Crippen molar-refractivity contribution in [3.05, 3.63) is 510 Å². The summed E-state index contributed by atoms with van der Waals surface area (Å²) < 4.78 is 4.81. The van der Waals surface area contributed by atoms with E-state index in [4.69, 9.17) is 0 Å². The maximum absolute atomic E-state index is 2.41. The van der Waals surface area contributed by atoms with Gasteiger partial charge in [0.1, 0.15) is 0 Å². The van der Waals surface area contributed by atoms with Gasteiger partial charge in [-0.2, -0.15) is 0 Å². The van der Waals surface area contributed by atoms with Gasteiger partial charge in [0.15, 0.2) is 0 Å². The number of anilines is 6. The van der Waals surface area contributed by atoms with E-state index in [1.165, 1.54) is 186 Å². The molecule has 2 aromatic heterocycles. The lowest BCUT2D eigenvalue weighted by molar-refractivity contribution is 1.18. The zero-order valence-corrected chi connectivity index (χ0v) is 71.3. The summed E-state index contributed by atoms with van der Waals surface area (Å²) in [5.41, 5.74) is 30.5. The average molecular weight is 1650 g/mol. The van der Waals surface area contributed by atoms with Gasteiger partial charge in [-0.25, -0.2) is 0 Å². The number of benzene rings is 23. The Balaban J connectivity index is 0.000000145. The predicted molar refractivity (Wildman–Crippen MR) is 554 cm³/mol. The van der Waals surface area contributed by atoms with E-state index in [-0.39, 0.29) is 0 Å². The fourth-order valence-electron chi connectivity index (χ4n) is 20.0. The third-order valence-corrected chi connectivity index (χ3v) is 26.4. The summed E-state index contributed by atoms with van der Waals surface area (Å²) >= 11 is 0. The van der Waals surface area contributed by atoms with Crippen LogP contribution in [0.4, 0.5) is 34.1 Å². The normalized spacial score (nSPS) is 11.5. The van der Waals surface area contributed by atoms with Crippen LogP contribution in [0.1, 0.15) is 0 Å². The van der Waals surface area contributed by atoms with Crippen LogP contribution in [0.5, 0.6) is 0 Å². The summed E-state index contributed by atoms with van der Waals surface area (Å²) in [4.78, 5) is 4.79. The number of rotatable bonds is 15. The lowest BCUT2D eigenvalue weighted by Gasteiger charge is -2.26. The minimum Gasteiger partial charge on any atom is -0.310 e. The summed E-state index contributed by atoms with van der Waals surface area (Å²) in [6, 6.07) is 186. The number of fused-ring (bicyclic) bond motifs is 18. The first-order valence-electron chi connectivity index (χ1n) is 44.7. The molecule has 130 heavy (non-hydrogen) atoms. The molecule has 0 spiro atoms. The van der Waals surface area contributed by atoms with Crippen molar-refractivity contribution >= 4 is 142 Å². The van der Waals surface area contributed by atoms with Gasteiger partial charge in [-0.05, 0) is 282 Å². The zero-order valence-electron chi connectivity index (χ0n) is 71.3. The quantitative estimate of drug-likeness (QED) is 0.0951. The van der Waals surface area contributed by atoms with Crippen molar-refractivity contribution in [2.45, 2.75) is 0 Å². The largest absolute Gasteiger partial charge is 0.310 e. The molecule has 608 valence electrons. The van der Waals surface area contributed by atoms with Gasteiger partial charge in [0.25, 0.3) is 0 Å². The van der Waals surface area contributed by atoms with Crippen LogP contribution in [0.2, 0.25) is 0 Å². The SMILES string of the molecule is c1ccc(-c2ccc(N(c3ccc(-c4ccc5c(c4)c4cc(-c6ccccc6)ccc4n5-c4ccc(-c5ccccc5)cc4)cc3)c3ccc4c5ccccc5c5ccccc5c4c3)cc2)cc1.c1ccc(-c2ccc(N(c3ccc(-c4ccc5c(c4)c4ccccc4n5-c4ccc(-c5ccccc5)cc4)cc3)c3ccc4c5ccccc5c5ccccc5c4c3)cc2)cc1. The molecule has 25 aromatic rings. The maximum atomic E-state index is 2.41. The zero-order chi connectivity index (χ0) is 86.0. The Bertz CT molecular complexity index is 8500. The number of nitrogens with zero attached hydrogens (tertiary/aromatic N) is 4. The minimum atomic E-state index is 1.09. The van der Waals surface area contributed by atoms with Crippen LogP contribution in [-0.2, 0) is 0 Å². The Kier molecular flexibility index (Phi) is 19.3. The van der Waals surface area contributed by atoms with E-state index in [0.717, 1.165) is 45.5 Å². The molecule has 0 unspecified atom stereocenters. The Morgan fingerprint density at radius 1 is 0.108 bits per heavy atom. The standard InChI is InChI=1S/C66H44N2.C60H40N2/c1-4-14-45(15-5-1)48-24-32-53(33-25-48)67(56-38-39-61-59-22-11-10-20-57(59)58-21-12-13-23-60(58)62(61)44-56)54-34-28-50(29-35-54)52-31-41-66-64(43-52)63-42-51(47-18-8-3-9-19-47)30-40-65(63)68(66)55-36-26-49(27-37-55)46-16-6-2-7-17-46;1-3-13-41(14-4-1)43-23-30-47(31-24-43)61(50-36-37-55-53-19-8-7-17-51(53)52-18-9-10-20-54(52)57(55)40-50)48-32-27-45(28-33-48)46-29-38-60-58(39-46)56-21-11-12-22-59(56)62(60)49-34-25-44(26-35-49)42-15-5-2-6-16-42/h1-44H;1-40H. The van der Waals surface area contributed by atoms with Crippen molar-refractivity contribution in [2.24, 2.45) is 0 Å². The van der Waals surface area contributed by atoms with Gasteiger partial charge in [0.05, 0.1) is 22.1 Å². The smallest absolute Gasteiger partial charge is 0.0541 e. The van der Waals surface area contributed by atoms with Gasteiger partial charge >= 0.3 is 0 Å². The molecule has 0 aliphatic heterocycles. The molecular formula is C126H84N4. The van der Waals surface area contributed by atoms with E-state index in [2.05, 4.69) is 529 Å². The van der Waals surface area contributed by atoms with E-state index < -0.39 is 0 Å². The number of aromatic nitrogens is 2. The van der Waals surface area contributed by atoms with Gasteiger partial charge in [0.2, 0.25) is 0 Å². The van der Waals surface area contributed by atoms with Crippen molar-refractivity contribution in [3.8, 4) is 89.3 Å². The van der Waals surface area contributed by atoms with Gasteiger partial charge < -0.3 is 18.9 Å². The molecule has 25 rings (SSSR count). The van der Waals surface area contributed by atoms with E-state index in [1.54, 1.807) is 0 Å². The number of para-hydroxylation sites is 1. The van der Waals surface area contributed by atoms with Crippen LogP contribution in [-0.4, -0.2) is 9.13 Å². The second-order valence-electron chi connectivity index (χ2n) is 33.8. The summed E-state index contributed by atoms with van der Waals surface area (Å²) in [5.74, 6) is 0. The molecule has 0 aliphatic rings. The monoisotopic (exact) mass is 1650 g/mol. The van der Waals surface area contributed by atoms with Crippen molar-refractivity contribution in [1.29, 1.82) is 0 Å². The molecule has 0 saturated heterocycles. The fraction of sp³-hybridized carbons (Fsp3) is 0. The van der Waals surface area contributed by atoms with Crippen LogP contribution in [0, 0.1) is 0 Å². The number of hydrogen-bond donors (Lipinski definition) is 0. The summed E-state index contributed by atoms with van der Waals surface area (Å²) in [5, 5.41) is 20.1. The average Bonchev–Trinajstić information content (AvgIpc) is 1.32. The lowest BCUT2D eigenvalue weighted by Crippen LogP contribution is -2.10. The first-order chi connectivity index (χ1) is 64.5. The molecular weight excluding hydrogens is 1570 g/mol. The Morgan fingerprint density at radius 2 is 0.292 bits per heavy atom. The molecule has 4 nitrogen and oxygen atoms in total. The molecule has 2 heterocycles. The Morgan fingerprint density at radius 3 is 0.577 bits per heavy atom. The molecule has 23 aromatic carbocycles. The first-order valence-corrected chi connectivity index (χ1v) is 44.7. The third-order valence-electron chi connectivity index (χ3n) is 26.4. The van der Waals surface area contributed by atoms with Crippen LogP contribution in [0.3, 0.4) is 0 Å². The summed E-state index contributed by atoms with van der Waals surface area (Å²) in [6.45, 7) is 0. The highest BCUT2D eigenvalue weighted by atomic mass is 15.1. The van der Waals surface area contributed by atoms with Crippen molar-refractivity contribution < 1.29 is 0 Å². The van der Waals surface area contributed by atoms with Gasteiger partial charge in [0, 0.05) is 67.0 Å². The minimum absolute atomic E-state index is 1.09. The van der Waals surface area contributed by atoms with E-state index in [0.29, 0.717) is 0 Å². The van der Waals surface area contributed by atoms with E-state index >= 15 is 0 Å². The highest BCUT2D eigenvalue weighted by Crippen LogP contribution is 2.47. The first kappa shape index (κ1) is 76.5. The predicted octanol–water partition coefficient (Wildman–Crippen LogP) is 35.1. The molecule has 0 atom stereocenters.